The molecule has 0 spiro atoms. The molecule has 0 aliphatic carbocycles. The number of aryl methyl sites for hydroxylation is 1. The predicted molar refractivity (Wildman–Crippen MR) is 126 cm³/mol. The van der Waals surface area contributed by atoms with Gasteiger partial charge in [0, 0.05) is 0 Å². The van der Waals surface area contributed by atoms with Crippen LogP contribution in [0.15, 0.2) is 63.9 Å². The van der Waals surface area contributed by atoms with Crippen LogP contribution in [0.2, 0.25) is 0 Å². The highest BCUT2D eigenvalue weighted by Gasteiger charge is 2.16. The third-order valence-electron chi connectivity index (χ3n) is 4.75. The average molecular weight is 470 g/mol. The van der Waals surface area contributed by atoms with E-state index in [2.05, 4.69) is 10.3 Å². The van der Waals surface area contributed by atoms with Crippen LogP contribution in [-0.2, 0) is 11.3 Å². The number of halogens is 1. The van der Waals surface area contributed by atoms with Gasteiger partial charge in [0.05, 0.1) is 30.6 Å². The van der Waals surface area contributed by atoms with Crippen molar-refractivity contribution in [1.29, 1.82) is 0 Å². The van der Waals surface area contributed by atoms with Gasteiger partial charge in [-0.25, -0.2) is 9.37 Å². The van der Waals surface area contributed by atoms with Crippen molar-refractivity contribution < 1.29 is 13.9 Å². The Hall–Kier alpha value is -3.17. The van der Waals surface area contributed by atoms with Crippen molar-refractivity contribution >= 4 is 44.9 Å². The number of amides is 1. The second-order valence-electron chi connectivity index (χ2n) is 7.09. The number of hydrogen-bond acceptors (Lipinski definition) is 6. The molecule has 9 heteroatoms. The van der Waals surface area contributed by atoms with Gasteiger partial charge in [0.25, 0.3) is 5.56 Å². The molecule has 2 aromatic carbocycles. The second-order valence-corrected chi connectivity index (χ2v) is 8.95. The number of anilines is 1. The summed E-state index contributed by atoms with van der Waals surface area (Å²) in [7, 11) is 1.54. The highest BCUT2D eigenvalue weighted by molar-refractivity contribution is 7.99. The van der Waals surface area contributed by atoms with Crippen LogP contribution in [0.3, 0.4) is 0 Å². The highest BCUT2D eigenvalue weighted by atomic mass is 32.2. The Morgan fingerprint density at radius 1 is 1.22 bits per heavy atom. The van der Waals surface area contributed by atoms with Gasteiger partial charge in [0.15, 0.2) is 5.16 Å². The van der Waals surface area contributed by atoms with Crippen molar-refractivity contribution in [2.45, 2.75) is 18.6 Å². The van der Waals surface area contributed by atoms with Crippen LogP contribution in [-0.4, -0.2) is 28.3 Å². The molecule has 0 unspecified atom stereocenters. The van der Waals surface area contributed by atoms with E-state index in [1.54, 1.807) is 31.4 Å². The van der Waals surface area contributed by atoms with E-state index in [-0.39, 0.29) is 29.6 Å². The van der Waals surface area contributed by atoms with E-state index in [1.807, 2.05) is 24.4 Å². The van der Waals surface area contributed by atoms with Crippen LogP contribution in [0.4, 0.5) is 10.1 Å². The van der Waals surface area contributed by atoms with Gasteiger partial charge in [0.1, 0.15) is 16.3 Å². The summed E-state index contributed by atoms with van der Waals surface area (Å²) in [5, 5.41) is 5.09. The summed E-state index contributed by atoms with van der Waals surface area (Å²) in [4.78, 5) is 30.3. The number of ether oxygens (including phenoxy) is 1. The van der Waals surface area contributed by atoms with Gasteiger partial charge in [-0.2, -0.15) is 0 Å². The van der Waals surface area contributed by atoms with E-state index in [0.717, 1.165) is 11.1 Å². The van der Waals surface area contributed by atoms with E-state index >= 15 is 0 Å². The third-order valence-corrected chi connectivity index (χ3v) is 6.61. The molecular weight excluding hydrogens is 449 g/mol. The SMILES string of the molecule is COc1ccc(C)cc1NC(=O)CSc1nc2ccsc2c(=O)n1Cc1ccc(F)cc1. The number of carbonyl (C=O) groups is 1. The molecule has 1 amide bonds. The quantitative estimate of drug-likeness (QED) is 0.314. The number of nitrogens with zero attached hydrogens (tertiary/aromatic N) is 2. The molecule has 0 saturated heterocycles. The first-order valence-corrected chi connectivity index (χ1v) is 11.6. The largest absolute Gasteiger partial charge is 0.495 e. The molecule has 2 heterocycles. The lowest BCUT2D eigenvalue weighted by Gasteiger charge is -2.13. The lowest BCUT2D eigenvalue weighted by molar-refractivity contribution is -0.113. The molecule has 0 aliphatic rings. The van der Waals surface area contributed by atoms with Gasteiger partial charge in [-0.1, -0.05) is 30.0 Å². The van der Waals surface area contributed by atoms with Gasteiger partial charge < -0.3 is 10.1 Å². The Kier molecular flexibility index (Phi) is 6.57. The summed E-state index contributed by atoms with van der Waals surface area (Å²) in [6.07, 6.45) is 0. The van der Waals surface area contributed by atoms with E-state index in [4.69, 9.17) is 4.74 Å². The minimum absolute atomic E-state index is 0.0581. The Balaban J connectivity index is 1.58. The number of rotatable bonds is 7. The normalized spacial score (nSPS) is 11.0. The smallest absolute Gasteiger partial charge is 0.272 e. The maximum Gasteiger partial charge on any atom is 0.272 e. The van der Waals surface area contributed by atoms with Gasteiger partial charge in [-0.3, -0.25) is 14.2 Å². The fraction of sp³-hybridized carbons (Fsp3) is 0.174. The van der Waals surface area contributed by atoms with E-state index in [0.29, 0.717) is 26.8 Å². The van der Waals surface area contributed by atoms with Crippen molar-refractivity contribution in [3.63, 3.8) is 0 Å². The minimum Gasteiger partial charge on any atom is -0.495 e. The van der Waals surface area contributed by atoms with Crippen molar-refractivity contribution in [3.8, 4) is 5.75 Å². The molecule has 0 fully saturated rings. The number of fused-ring (bicyclic) bond motifs is 1. The number of hydrogen-bond donors (Lipinski definition) is 1. The first kappa shape index (κ1) is 22.0. The summed E-state index contributed by atoms with van der Waals surface area (Å²) < 4.78 is 20.7. The summed E-state index contributed by atoms with van der Waals surface area (Å²) in [6, 6.07) is 13.3. The zero-order chi connectivity index (χ0) is 22.7. The third kappa shape index (κ3) is 4.84. The first-order chi connectivity index (χ1) is 15.4. The fourth-order valence-electron chi connectivity index (χ4n) is 3.18. The number of thiophene rings is 1. The van der Waals surface area contributed by atoms with Crippen LogP contribution in [0.1, 0.15) is 11.1 Å². The lowest BCUT2D eigenvalue weighted by Crippen LogP contribution is -2.24. The van der Waals surface area contributed by atoms with Crippen LogP contribution in [0.25, 0.3) is 10.2 Å². The molecule has 1 N–H and O–H groups in total. The molecule has 0 aliphatic heterocycles. The Labute approximate surface area is 192 Å². The highest BCUT2D eigenvalue weighted by Crippen LogP contribution is 2.26. The number of thioether (sulfide) groups is 1. The molecular formula is C23H20FN3O3S2. The zero-order valence-corrected chi connectivity index (χ0v) is 19.1. The Morgan fingerprint density at radius 2 is 2.00 bits per heavy atom. The molecule has 4 aromatic rings. The monoisotopic (exact) mass is 469 g/mol. The summed E-state index contributed by atoms with van der Waals surface area (Å²) in [6.45, 7) is 2.16. The van der Waals surface area contributed by atoms with Gasteiger partial charge in [-0.15, -0.1) is 11.3 Å². The van der Waals surface area contributed by atoms with Crippen molar-refractivity contribution in [2.24, 2.45) is 0 Å². The maximum absolute atomic E-state index is 13.3. The van der Waals surface area contributed by atoms with Gasteiger partial charge >= 0.3 is 0 Å². The maximum atomic E-state index is 13.3. The summed E-state index contributed by atoms with van der Waals surface area (Å²) in [5.74, 6) is 0.0421. The molecule has 2 aromatic heterocycles. The van der Waals surface area contributed by atoms with Crippen molar-refractivity contribution in [2.75, 3.05) is 18.2 Å². The molecule has 32 heavy (non-hydrogen) atoms. The van der Waals surface area contributed by atoms with Crippen LogP contribution in [0.5, 0.6) is 5.75 Å². The molecule has 0 saturated carbocycles. The van der Waals surface area contributed by atoms with Crippen molar-refractivity contribution in [1.82, 2.24) is 9.55 Å². The first-order valence-electron chi connectivity index (χ1n) is 9.74. The molecule has 0 radical (unpaired) electrons. The topological polar surface area (TPSA) is 73.2 Å². The van der Waals surface area contributed by atoms with Crippen LogP contribution >= 0.6 is 23.1 Å². The molecule has 0 atom stereocenters. The number of aromatic nitrogens is 2. The number of benzene rings is 2. The number of nitrogens with one attached hydrogen (secondary N) is 1. The van der Waals surface area contributed by atoms with E-state index in [1.165, 1.54) is 39.8 Å². The average Bonchev–Trinajstić information content (AvgIpc) is 3.25. The van der Waals surface area contributed by atoms with E-state index < -0.39 is 0 Å². The van der Waals surface area contributed by atoms with Gasteiger partial charge in [-0.05, 0) is 53.8 Å². The second kappa shape index (κ2) is 9.54. The van der Waals surface area contributed by atoms with E-state index in [9.17, 15) is 14.0 Å². The Bertz CT molecular complexity index is 1330. The standard InChI is InChI=1S/C23H20FN3O3S2/c1-14-3-8-19(30-2)18(11-14)25-20(28)13-32-23-26-17-9-10-31-21(17)22(29)27(23)12-15-4-6-16(24)7-5-15/h3-11H,12-13H2,1-2H3,(H,25,28). The minimum atomic E-state index is -0.342. The number of carbonyl (C=O) groups excluding carboxylic acids is 1. The summed E-state index contributed by atoms with van der Waals surface area (Å²) >= 11 is 2.50. The summed E-state index contributed by atoms with van der Waals surface area (Å²) in [5.41, 5.74) is 2.76. The molecule has 6 nitrogen and oxygen atoms in total. The Morgan fingerprint density at radius 3 is 2.75 bits per heavy atom. The number of methoxy groups -OCH3 is 1. The van der Waals surface area contributed by atoms with Crippen LogP contribution < -0.4 is 15.6 Å². The molecule has 0 bridgehead atoms. The zero-order valence-electron chi connectivity index (χ0n) is 17.4. The molecule has 164 valence electrons. The lowest BCUT2D eigenvalue weighted by atomic mass is 10.2. The predicted octanol–water partition coefficient (Wildman–Crippen LogP) is 4.69. The molecule has 4 rings (SSSR count). The van der Waals surface area contributed by atoms with Crippen molar-refractivity contribution in [3.05, 3.63) is 81.2 Å². The van der Waals surface area contributed by atoms with Crippen LogP contribution in [0, 0.1) is 12.7 Å². The fourth-order valence-corrected chi connectivity index (χ4v) is 4.76. The van der Waals surface area contributed by atoms with Gasteiger partial charge in [0.2, 0.25) is 5.91 Å².